The van der Waals surface area contributed by atoms with E-state index in [0.717, 1.165) is 36.5 Å². The lowest BCUT2D eigenvalue weighted by molar-refractivity contribution is -0.140. The van der Waals surface area contributed by atoms with E-state index in [1.54, 1.807) is 34.1 Å². The molecule has 2 aliphatic rings. The first-order chi connectivity index (χ1) is 44.6. The Morgan fingerprint density at radius 2 is 1.19 bits per heavy atom. The number of pyridine rings is 1. The quantitative estimate of drug-likeness (QED) is 0.0207. The van der Waals surface area contributed by atoms with Crippen LogP contribution in [0.2, 0.25) is 0 Å². The van der Waals surface area contributed by atoms with Crippen LogP contribution in [0.25, 0.3) is 0 Å². The van der Waals surface area contributed by atoms with Crippen LogP contribution >= 0.6 is 0 Å². The van der Waals surface area contributed by atoms with E-state index >= 15 is 0 Å². The molecule has 33 nitrogen and oxygen atoms in total. The van der Waals surface area contributed by atoms with E-state index in [4.69, 9.17) is 19.2 Å². The van der Waals surface area contributed by atoms with Crippen molar-refractivity contribution < 1.29 is 99.2 Å². The molecule has 0 saturated carbocycles. The van der Waals surface area contributed by atoms with E-state index in [1.807, 2.05) is 6.07 Å². The molecule has 0 unspecified atom stereocenters. The van der Waals surface area contributed by atoms with Crippen molar-refractivity contribution >= 4 is 79.4 Å². The molecule has 12 N–H and O–H groups in total. The van der Waals surface area contributed by atoms with E-state index in [1.165, 1.54) is 41.3 Å². The minimum Gasteiger partial charge on any atom is -0.494 e. The maximum atomic E-state index is 13.6. The molecule has 1 aromatic heterocycles. The average Bonchev–Trinajstić information content (AvgIpc) is 0.802. The lowest BCUT2D eigenvalue weighted by Crippen LogP contribution is -2.54. The van der Waals surface area contributed by atoms with Crippen molar-refractivity contribution in [3.05, 3.63) is 82.0 Å². The van der Waals surface area contributed by atoms with Crippen LogP contribution in [-0.2, 0) is 87.2 Å². The van der Waals surface area contributed by atoms with Crippen LogP contribution < -0.4 is 41.4 Å². The second-order valence-corrected chi connectivity index (χ2v) is 25.6. The van der Waals surface area contributed by atoms with Gasteiger partial charge < -0.3 is 66.5 Å². The number of carboxylic acid groups (broad SMARTS) is 4. The third kappa shape index (κ3) is 29.1. The first-order valence-corrected chi connectivity index (χ1v) is 33.6. The summed E-state index contributed by atoms with van der Waals surface area (Å²) in [5, 5.41) is 54.1. The number of carboxylic acids is 4. The lowest BCUT2D eigenvalue weighted by Gasteiger charge is -2.33. The molecule has 35 heteroatoms. The first kappa shape index (κ1) is 76.7. The molecule has 5 amide bonds. The van der Waals surface area contributed by atoms with Crippen LogP contribution in [0.15, 0.2) is 53.4 Å². The fraction of sp³-hybridized carbons (Fsp3) is 0.559. The van der Waals surface area contributed by atoms with Gasteiger partial charge in [0, 0.05) is 103 Å². The summed E-state index contributed by atoms with van der Waals surface area (Å²) in [4.78, 5) is 122. The molecule has 94 heavy (non-hydrogen) atoms. The van der Waals surface area contributed by atoms with E-state index < -0.39 is 112 Å². The number of carbonyl (C=O) groups excluding carboxylic acids is 5. The van der Waals surface area contributed by atoms with Gasteiger partial charge in [-0.25, -0.2) is 13.4 Å². The molecule has 0 bridgehead atoms. The van der Waals surface area contributed by atoms with Crippen molar-refractivity contribution in [1.29, 1.82) is 0 Å². The lowest BCUT2D eigenvalue weighted by atomic mass is 10.0. The fourth-order valence-electron chi connectivity index (χ4n) is 10.1. The third-order valence-corrected chi connectivity index (χ3v) is 17.3. The van der Waals surface area contributed by atoms with Crippen LogP contribution in [0.4, 0.5) is 5.82 Å². The summed E-state index contributed by atoms with van der Waals surface area (Å²) < 4.78 is 79.2. The number of aromatic nitrogens is 1. The number of amides is 5. The zero-order chi connectivity index (χ0) is 68.8. The molecule has 0 spiro atoms. The van der Waals surface area contributed by atoms with E-state index in [0.29, 0.717) is 18.6 Å². The number of nitrogens with one attached hydrogen (secondary N) is 7. The Labute approximate surface area is 544 Å². The largest absolute Gasteiger partial charge is 0.494 e. The molecular formula is C59H86N12O21S2. The molecule has 5 rings (SSSR count). The maximum Gasteiger partial charge on any atom is 0.323 e. The fourth-order valence-corrected chi connectivity index (χ4v) is 12.4. The highest BCUT2D eigenvalue weighted by Gasteiger charge is 2.31. The summed E-state index contributed by atoms with van der Waals surface area (Å²) >= 11 is 0. The number of carbonyl (C=O) groups is 9. The van der Waals surface area contributed by atoms with E-state index in [2.05, 4.69) is 42.7 Å². The molecule has 0 radical (unpaired) electrons. The van der Waals surface area contributed by atoms with Crippen molar-refractivity contribution in [2.24, 2.45) is 0 Å². The number of rotatable bonds is 38. The molecule has 2 aliphatic heterocycles. The Kier molecular flexibility index (Phi) is 31.8. The minimum absolute atomic E-state index is 0.0347. The summed E-state index contributed by atoms with van der Waals surface area (Å²) in [7, 11) is -9.23. The zero-order valence-corrected chi connectivity index (χ0v) is 54.2. The molecule has 2 aromatic carbocycles. The zero-order valence-electron chi connectivity index (χ0n) is 52.6. The number of benzene rings is 2. The van der Waals surface area contributed by atoms with Gasteiger partial charge in [-0.05, 0) is 98.5 Å². The van der Waals surface area contributed by atoms with Crippen LogP contribution in [0.5, 0.6) is 5.75 Å². The van der Waals surface area contributed by atoms with Gasteiger partial charge >= 0.3 is 23.9 Å². The number of nitrogens with zero attached hydrogens (tertiary/aromatic N) is 5. The molecule has 3 aromatic rings. The Morgan fingerprint density at radius 1 is 0.628 bits per heavy atom. The normalized spacial score (nSPS) is 15.3. The predicted octanol–water partition coefficient (Wildman–Crippen LogP) is -2.61. The Morgan fingerprint density at radius 3 is 1.76 bits per heavy atom. The molecule has 2 atom stereocenters. The minimum atomic E-state index is -4.81. The molecule has 0 aliphatic carbocycles. The Balaban J connectivity index is 0.931. The SMILES string of the molecule is Cc1cc(OCCCC(=O)NCCNC(=O)COCCOCCNC(=O)[C@H](CS(=O)(=O)O)NC(=O)CN2CCN(CC(=O)O)CCN(CC(=O)O)CCN(CC(=O)O)CC2)cc(C)c1S(=O)(=O)N[C@@H](CNC(=O)c1ccc(CCc2ccc3c(n2)NCCC3)cc1)C(=O)O. The first-order valence-electron chi connectivity index (χ1n) is 30.5. The molecule has 1 fully saturated rings. The van der Waals surface area contributed by atoms with Gasteiger partial charge in [0.2, 0.25) is 33.7 Å². The number of aryl methyl sites for hydroxylation is 5. The van der Waals surface area contributed by atoms with E-state index in [9.17, 15) is 85.0 Å². The van der Waals surface area contributed by atoms with Gasteiger partial charge in [0.1, 0.15) is 36.0 Å². The summed E-state index contributed by atoms with van der Waals surface area (Å²) in [6, 6.07) is 10.4. The predicted molar refractivity (Wildman–Crippen MR) is 337 cm³/mol. The monoisotopic (exact) mass is 1360 g/mol. The van der Waals surface area contributed by atoms with Gasteiger partial charge in [-0.3, -0.25) is 67.3 Å². The standard InChI is InChI=1S/C59H86N12O21S2/c1-40-31-46(32-41(2)55(40)94(88,89)67-47(59(83)84)33-64-57(81)44-10-7-42(8-11-44)9-13-45-14-12-43-5-3-15-62-56(43)65-45)92-27-4-6-49(72)60-16-17-61-51(74)38-91-30-29-90-28-18-63-58(82)48(39-93(85,86)87)66-50(73)34-68-19-21-69(35-52(75)76)23-25-71(37-54(79)80)26-24-70(22-20-68)36-53(77)78/h7-8,10-12,14,31-32,47-48,67H,3-6,9,13,15-30,33-39H2,1-2H3,(H,60,72)(H,61,74)(H,62,65)(H,63,82)(H,64,81)(H,66,73)(H,75,76)(H,77,78)(H,79,80)(H,83,84)(H,85,86,87)/t47-,48-/m0/s1. The summed E-state index contributed by atoms with van der Waals surface area (Å²) in [6.07, 6.45) is 3.78. The number of ether oxygens (including phenoxy) is 3. The molecule has 1 saturated heterocycles. The Bertz CT molecular complexity index is 3250. The smallest absolute Gasteiger partial charge is 0.323 e. The van der Waals surface area contributed by atoms with Gasteiger partial charge in [-0.15, -0.1) is 0 Å². The maximum absolute atomic E-state index is 13.6. The van der Waals surface area contributed by atoms with Gasteiger partial charge in [-0.1, -0.05) is 18.2 Å². The van der Waals surface area contributed by atoms with Crippen molar-refractivity contribution in [3.8, 4) is 5.75 Å². The van der Waals surface area contributed by atoms with Gasteiger partial charge in [0.25, 0.3) is 16.0 Å². The van der Waals surface area contributed by atoms with Crippen LogP contribution in [0.3, 0.4) is 0 Å². The van der Waals surface area contributed by atoms with E-state index in [-0.39, 0.29) is 152 Å². The number of hydrogen-bond acceptors (Lipinski definition) is 22. The molecule has 3 heterocycles. The number of fused-ring (bicyclic) bond motifs is 1. The second kappa shape index (κ2) is 39.0. The highest BCUT2D eigenvalue weighted by Crippen LogP contribution is 2.27. The van der Waals surface area contributed by atoms with Crippen LogP contribution in [0, 0.1) is 13.8 Å². The van der Waals surface area contributed by atoms with Gasteiger partial charge in [0.15, 0.2) is 0 Å². The number of sulfonamides is 1. The van der Waals surface area contributed by atoms with Crippen molar-refractivity contribution in [2.45, 2.75) is 69.4 Å². The van der Waals surface area contributed by atoms with Crippen molar-refractivity contribution in [1.82, 2.24) is 55.9 Å². The van der Waals surface area contributed by atoms with Crippen LogP contribution in [0.1, 0.15) is 57.6 Å². The molecule has 520 valence electrons. The number of hydrogen-bond donors (Lipinski definition) is 12. The topological polar surface area (TPSA) is 461 Å². The van der Waals surface area contributed by atoms with Crippen molar-refractivity contribution in [3.63, 3.8) is 0 Å². The van der Waals surface area contributed by atoms with Crippen LogP contribution in [-0.4, -0.2) is 282 Å². The highest BCUT2D eigenvalue weighted by atomic mass is 32.2. The summed E-state index contributed by atoms with van der Waals surface area (Å²) in [6.45, 7) is 2.13. The van der Waals surface area contributed by atoms with Gasteiger partial charge in [-0.2, -0.15) is 13.1 Å². The second-order valence-electron chi connectivity index (χ2n) is 22.4. The number of anilines is 1. The van der Waals surface area contributed by atoms with Crippen molar-refractivity contribution in [2.75, 3.05) is 155 Å². The summed E-state index contributed by atoms with van der Waals surface area (Å²) in [5.41, 5.74) is 3.91. The molecular weight excluding hydrogens is 1280 g/mol. The van der Waals surface area contributed by atoms with Gasteiger partial charge in [0.05, 0.1) is 57.5 Å². The summed E-state index contributed by atoms with van der Waals surface area (Å²) in [5.74, 6) is -8.12. The average molecular weight is 1360 g/mol. The Hall–Kier alpha value is -8.00. The number of aliphatic carboxylic acids is 4. The third-order valence-electron chi connectivity index (χ3n) is 14.7. The highest BCUT2D eigenvalue weighted by molar-refractivity contribution is 7.89.